The highest BCUT2D eigenvalue weighted by Crippen LogP contribution is 2.38. The quantitative estimate of drug-likeness (QED) is 0.560. The molecule has 38 heavy (non-hydrogen) atoms. The summed E-state index contributed by atoms with van der Waals surface area (Å²) < 4.78 is 5.90. The van der Waals surface area contributed by atoms with Crippen LogP contribution in [0.5, 0.6) is 5.75 Å². The van der Waals surface area contributed by atoms with Gasteiger partial charge in [0.15, 0.2) is 0 Å². The van der Waals surface area contributed by atoms with Gasteiger partial charge in [-0.15, -0.1) is 0 Å². The van der Waals surface area contributed by atoms with E-state index in [1.807, 2.05) is 48.2 Å². The van der Waals surface area contributed by atoms with Gasteiger partial charge in [0.2, 0.25) is 5.91 Å². The average molecular weight is 516 g/mol. The molecule has 3 heterocycles. The number of fused-ring (bicyclic) bond motifs is 2. The van der Waals surface area contributed by atoms with E-state index in [2.05, 4.69) is 21.2 Å². The molecule has 3 aromatic rings. The van der Waals surface area contributed by atoms with Crippen molar-refractivity contribution in [3.8, 4) is 5.75 Å². The number of ether oxygens (including phenoxy) is 1. The number of aromatic amines is 1. The van der Waals surface area contributed by atoms with Gasteiger partial charge in [0, 0.05) is 44.4 Å². The molecule has 1 aromatic heterocycles. The fourth-order valence-electron chi connectivity index (χ4n) is 6.08. The van der Waals surface area contributed by atoms with Crippen molar-refractivity contribution in [2.24, 2.45) is 0 Å². The Balaban J connectivity index is 1.23. The lowest BCUT2D eigenvalue weighted by molar-refractivity contribution is -0.150. The molecule has 1 N–H and O–H groups in total. The molecule has 2 fully saturated rings. The molecule has 0 bridgehead atoms. The Hall–Kier alpha value is -3.72. The van der Waals surface area contributed by atoms with Gasteiger partial charge in [0.1, 0.15) is 11.3 Å². The summed E-state index contributed by atoms with van der Waals surface area (Å²) in [5.41, 5.74) is 2.70. The lowest BCUT2D eigenvalue weighted by atomic mass is 9.74. The maximum Gasteiger partial charge on any atom is 0.272 e. The van der Waals surface area contributed by atoms with Gasteiger partial charge < -0.3 is 14.5 Å². The Kier molecular flexibility index (Phi) is 6.18. The van der Waals surface area contributed by atoms with Crippen molar-refractivity contribution in [3.63, 3.8) is 0 Å². The van der Waals surface area contributed by atoms with Gasteiger partial charge in [-0.2, -0.15) is 5.10 Å². The number of carbonyl (C=O) groups excluding carboxylic acids is 2. The number of nitrogens with one attached hydrogen (secondary N) is 1. The third-order valence-corrected chi connectivity index (χ3v) is 8.51. The van der Waals surface area contributed by atoms with Crippen molar-refractivity contribution in [1.29, 1.82) is 0 Å². The predicted molar refractivity (Wildman–Crippen MR) is 144 cm³/mol. The lowest BCUT2D eigenvalue weighted by Crippen LogP contribution is -2.64. The minimum atomic E-state index is -0.380. The molecule has 2 amide bonds. The van der Waals surface area contributed by atoms with Crippen LogP contribution in [0.1, 0.15) is 46.4 Å². The fourth-order valence-corrected chi connectivity index (χ4v) is 6.08. The topological polar surface area (TPSA) is 98.8 Å². The number of likely N-dealkylation sites (N-methyl/N-ethyl adjacent to an activating group) is 1. The van der Waals surface area contributed by atoms with E-state index < -0.39 is 0 Å². The molecule has 3 aliphatic rings. The summed E-state index contributed by atoms with van der Waals surface area (Å²) in [5, 5.41) is 8.34. The second-order valence-electron chi connectivity index (χ2n) is 10.8. The highest BCUT2D eigenvalue weighted by Gasteiger charge is 2.48. The third kappa shape index (κ3) is 4.05. The van der Waals surface area contributed by atoms with E-state index in [9.17, 15) is 14.4 Å². The van der Waals surface area contributed by atoms with Crippen LogP contribution in [0.25, 0.3) is 10.8 Å². The summed E-state index contributed by atoms with van der Waals surface area (Å²) in [5.74, 6) is 0.785. The van der Waals surface area contributed by atoms with Crippen LogP contribution in [0, 0.1) is 0 Å². The van der Waals surface area contributed by atoms with Crippen LogP contribution in [0.15, 0.2) is 41.2 Å². The standard InChI is InChI=1S/C29H33N5O4/c1-32(2)29(9-5-10-29)28(37)34-13-11-33(12-14-34)27(36)23-17-19(16-20-8-15-38-25(20)23)18-24-21-6-3-4-7-22(21)26(35)31-30-24/h3-4,6-7,16-17H,5,8-15,18H2,1-2H3,(H,31,35). The molecular weight excluding hydrogens is 482 g/mol. The number of rotatable bonds is 5. The number of hydrogen-bond acceptors (Lipinski definition) is 6. The Labute approximate surface area is 221 Å². The molecule has 0 unspecified atom stereocenters. The summed E-state index contributed by atoms with van der Waals surface area (Å²) in [6, 6.07) is 11.4. The first-order valence-electron chi connectivity index (χ1n) is 13.4. The fraction of sp³-hybridized carbons (Fsp3) is 0.448. The van der Waals surface area contributed by atoms with Crippen molar-refractivity contribution in [1.82, 2.24) is 24.9 Å². The van der Waals surface area contributed by atoms with Crippen molar-refractivity contribution in [3.05, 3.63) is 69.1 Å². The van der Waals surface area contributed by atoms with E-state index in [1.165, 1.54) is 0 Å². The third-order valence-electron chi connectivity index (χ3n) is 8.51. The van der Waals surface area contributed by atoms with E-state index >= 15 is 0 Å². The Morgan fingerprint density at radius 3 is 2.45 bits per heavy atom. The first kappa shape index (κ1) is 24.6. The normalized spacial score (nSPS) is 18.3. The van der Waals surface area contributed by atoms with E-state index in [-0.39, 0.29) is 22.9 Å². The molecular formula is C29H33N5O4. The molecule has 0 radical (unpaired) electrons. The molecule has 9 nitrogen and oxygen atoms in total. The number of H-pyrrole nitrogens is 1. The van der Waals surface area contributed by atoms with Crippen LogP contribution < -0.4 is 10.3 Å². The second kappa shape index (κ2) is 9.54. The van der Waals surface area contributed by atoms with Gasteiger partial charge in [-0.1, -0.05) is 24.3 Å². The minimum absolute atomic E-state index is 0.0673. The molecule has 9 heteroatoms. The Morgan fingerprint density at radius 1 is 1.05 bits per heavy atom. The Bertz CT molecular complexity index is 1470. The van der Waals surface area contributed by atoms with E-state index in [0.29, 0.717) is 55.9 Å². The molecule has 2 aliphatic heterocycles. The van der Waals surface area contributed by atoms with Crippen LogP contribution in [-0.4, -0.2) is 89.1 Å². The van der Waals surface area contributed by atoms with Crippen molar-refractivity contribution in [2.45, 2.75) is 37.6 Å². The van der Waals surface area contributed by atoms with E-state index in [0.717, 1.165) is 47.9 Å². The van der Waals surface area contributed by atoms with Crippen LogP contribution in [0.4, 0.5) is 0 Å². The summed E-state index contributed by atoms with van der Waals surface area (Å²) in [6.07, 6.45) is 4.10. The number of piperazine rings is 1. The number of amides is 2. The monoisotopic (exact) mass is 515 g/mol. The smallest absolute Gasteiger partial charge is 0.272 e. The van der Waals surface area contributed by atoms with Gasteiger partial charge in [-0.25, -0.2) is 5.10 Å². The Morgan fingerprint density at radius 2 is 1.76 bits per heavy atom. The van der Waals surface area contributed by atoms with Crippen molar-refractivity contribution in [2.75, 3.05) is 46.9 Å². The predicted octanol–water partition coefficient (Wildman–Crippen LogP) is 2.22. The van der Waals surface area contributed by atoms with Gasteiger partial charge in [-0.3, -0.25) is 19.3 Å². The molecule has 198 valence electrons. The van der Waals surface area contributed by atoms with E-state index in [1.54, 1.807) is 6.07 Å². The number of carbonyl (C=O) groups is 2. The van der Waals surface area contributed by atoms with E-state index in [4.69, 9.17) is 4.74 Å². The SMILES string of the molecule is CN(C)C1(C(=O)N2CCN(C(=O)c3cc(Cc4n[nH]c(=O)c5ccccc45)cc4c3OCC4)CC2)CCC1. The maximum absolute atomic E-state index is 13.7. The van der Waals surface area contributed by atoms with Gasteiger partial charge in [-0.05, 0) is 56.6 Å². The summed E-state index contributed by atoms with van der Waals surface area (Å²) in [7, 11) is 3.96. The van der Waals surface area contributed by atoms with Gasteiger partial charge in [0.05, 0.1) is 23.3 Å². The number of benzene rings is 2. The highest BCUT2D eigenvalue weighted by molar-refractivity contribution is 5.98. The first-order valence-corrected chi connectivity index (χ1v) is 13.4. The lowest BCUT2D eigenvalue weighted by Gasteiger charge is -2.49. The molecule has 2 aromatic carbocycles. The zero-order valence-corrected chi connectivity index (χ0v) is 22.0. The molecule has 1 saturated heterocycles. The van der Waals surface area contributed by atoms with Crippen LogP contribution >= 0.6 is 0 Å². The highest BCUT2D eigenvalue weighted by atomic mass is 16.5. The largest absolute Gasteiger partial charge is 0.492 e. The maximum atomic E-state index is 13.7. The van der Waals surface area contributed by atoms with Gasteiger partial charge >= 0.3 is 0 Å². The average Bonchev–Trinajstić information content (AvgIpc) is 3.37. The molecule has 6 rings (SSSR count). The van der Waals surface area contributed by atoms with Crippen molar-refractivity contribution < 1.29 is 14.3 Å². The van der Waals surface area contributed by atoms with Gasteiger partial charge in [0.25, 0.3) is 11.5 Å². The molecule has 1 aliphatic carbocycles. The zero-order valence-electron chi connectivity index (χ0n) is 22.0. The molecule has 0 atom stereocenters. The van der Waals surface area contributed by atoms with Crippen LogP contribution in [0.3, 0.4) is 0 Å². The van der Waals surface area contributed by atoms with Crippen molar-refractivity contribution >= 4 is 22.6 Å². The number of aromatic nitrogens is 2. The molecule has 0 spiro atoms. The zero-order chi connectivity index (χ0) is 26.4. The number of nitrogens with zero attached hydrogens (tertiary/aromatic N) is 4. The summed E-state index contributed by atoms with van der Waals surface area (Å²) in [6.45, 7) is 2.62. The molecule has 1 saturated carbocycles. The second-order valence-corrected chi connectivity index (χ2v) is 10.8. The van der Waals surface area contributed by atoms with Crippen LogP contribution in [0.2, 0.25) is 0 Å². The summed E-state index contributed by atoms with van der Waals surface area (Å²) in [4.78, 5) is 45.1. The summed E-state index contributed by atoms with van der Waals surface area (Å²) >= 11 is 0. The minimum Gasteiger partial charge on any atom is -0.492 e. The number of hydrogen-bond donors (Lipinski definition) is 1. The van der Waals surface area contributed by atoms with Crippen LogP contribution in [-0.2, 0) is 17.6 Å². The first-order chi connectivity index (χ1) is 18.4.